The topological polar surface area (TPSA) is 38.1 Å². The van der Waals surface area contributed by atoms with Gasteiger partial charge in [-0.05, 0) is 49.9 Å². The Hall–Kier alpha value is -2.21. The zero-order chi connectivity index (χ0) is 19.0. The van der Waals surface area contributed by atoms with Gasteiger partial charge in [0.25, 0.3) is 5.91 Å². The zero-order valence-electron chi connectivity index (χ0n) is 15.7. The first-order chi connectivity index (χ1) is 13.0. The SMILES string of the molecule is Cc1nn(C)c2sc(C(=O)N(CCc3ccc(F)cc3)C3CCCC3)cc12. The van der Waals surface area contributed by atoms with E-state index in [0.29, 0.717) is 12.6 Å². The normalized spacial score (nSPS) is 14.9. The summed E-state index contributed by atoms with van der Waals surface area (Å²) in [5, 5.41) is 5.49. The highest BCUT2D eigenvalue weighted by Crippen LogP contribution is 2.31. The molecule has 1 saturated carbocycles. The Morgan fingerprint density at radius 2 is 2.00 bits per heavy atom. The lowest BCUT2D eigenvalue weighted by Crippen LogP contribution is -2.40. The molecular formula is C21H24FN3OS. The van der Waals surface area contributed by atoms with E-state index in [-0.39, 0.29) is 11.7 Å². The van der Waals surface area contributed by atoms with Crippen LogP contribution in [0.1, 0.15) is 46.6 Å². The van der Waals surface area contributed by atoms with E-state index in [0.717, 1.165) is 45.6 Å². The molecule has 0 unspecified atom stereocenters. The number of amides is 1. The summed E-state index contributed by atoms with van der Waals surface area (Å²) in [6.45, 7) is 2.65. The molecule has 1 aliphatic carbocycles. The molecule has 6 heteroatoms. The molecule has 2 aromatic heterocycles. The second-order valence-electron chi connectivity index (χ2n) is 7.35. The number of aryl methyl sites for hydroxylation is 2. The van der Waals surface area contributed by atoms with Crippen LogP contribution in [0.5, 0.6) is 0 Å². The molecule has 4 nitrogen and oxygen atoms in total. The first-order valence-corrected chi connectivity index (χ1v) is 10.3. The lowest BCUT2D eigenvalue weighted by Gasteiger charge is -2.28. The second-order valence-corrected chi connectivity index (χ2v) is 8.38. The predicted molar refractivity (Wildman–Crippen MR) is 107 cm³/mol. The quantitative estimate of drug-likeness (QED) is 0.638. The summed E-state index contributed by atoms with van der Waals surface area (Å²) in [4.78, 5) is 17.2. The van der Waals surface area contributed by atoms with Gasteiger partial charge in [-0.1, -0.05) is 25.0 Å². The molecule has 0 spiro atoms. The van der Waals surface area contributed by atoms with Gasteiger partial charge in [0.1, 0.15) is 10.6 Å². The van der Waals surface area contributed by atoms with E-state index in [9.17, 15) is 9.18 Å². The third-order valence-electron chi connectivity index (χ3n) is 5.49. The lowest BCUT2D eigenvalue weighted by molar-refractivity contribution is 0.0689. The smallest absolute Gasteiger partial charge is 0.264 e. The molecule has 4 rings (SSSR count). The number of rotatable bonds is 5. The van der Waals surface area contributed by atoms with Crippen molar-refractivity contribution >= 4 is 27.5 Å². The summed E-state index contributed by atoms with van der Waals surface area (Å²) < 4.78 is 15.0. The lowest BCUT2D eigenvalue weighted by atomic mass is 10.1. The van der Waals surface area contributed by atoms with Crippen molar-refractivity contribution in [3.8, 4) is 0 Å². The van der Waals surface area contributed by atoms with E-state index < -0.39 is 0 Å². The standard InChI is InChI=1S/C21H24FN3OS/c1-14-18-13-19(27-21(18)24(2)23-14)20(26)25(17-5-3-4-6-17)12-11-15-7-9-16(22)10-8-15/h7-10,13,17H,3-6,11-12H2,1-2H3. The Balaban J connectivity index is 1.57. The number of nitrogens with zero attached hydrogens (tertiary/aromatic N) is 3. The van der Waals surface area contributed by atoms with Gasteiger partial charge in [0.2, 0.25) is 0 Å². The fraction of sp³-hybridized carbons (Fsp3) is 0.429. The Kier molecular flexibility index (Phi) is 5.00. The van der Waals surface area contributed by atoms with Crippen molar-refractivity contribution < 1.29 is 9.18 Å². The van der Waals surface area contributed by atoms with E-state index in [1.54, 1.807) is 12.1 Å². The molecule has 0 atom stereocenters. The largest absolute Gasteiger partial charge is 0.335 e. The number of carbonyl (C=O) groups excluding carboxylic acids is 1. The number of carbonyl (C=O) groups is 1. The first kappa shape index (κ1) is 18.2. The molecule has 0 bridgehead atoms. The Morgan fingerprint density at radius 3 is 2.67 bits per heavy atom. The number of benzene rings is 1. The molecule has 0 radical (unpaired) electrons. The van der Waals surface area contributed by atoms with E-state index in [2.05, 4.69) is 5.10 Å². The van der Waals surface area contributed by atoms with Crippen molar-refractivity contribution in [2.75, 3.05) is 6.54 Å². The molecule has 1 fully saturated rings. The Bertz CT molecular complexity index is 919. The fourth-order valence-electron chi connectivity index (χ4n) is 4.02. The Labute approximate surface area is 162 Å². The summed E-state index contributed by atoms with van der Waals surface area (Å²) in [5.41, 5.74) is 2.02. The molecule has 0 saturated heterocycles. The molecule has 27 heavy (non-hydrogen) atoms. The summed E-state index contributed by atoms with van der Waals surface area (Å²) in [5.74, 6) is -0.110. The molecule has 0 N–H and O–H groups in total. The van der Waals surface area contributed by atoms with Gasteiger partial charge in [0, 0.05) is 25.0 Å². The van der Waals surface area contributed by atoms with Crippen LogP contribution in [0, 0.1) is 12.7 Å². The van der Waals surface area contributed by atoms with Gasteiger partial charge in [-0.15, -0.1) is 11.3 Å². The average molecular weight is 386 g/mol. The van der Waals surface area contributed by atoms with Crippen molar-refractivity contribution in [2.24, 2.45) is 7.05 Å². The van der Waals surface area contributed by atoms with Gasteiger partial charge in [0.05, 0.1) is 10.6 Å². The van der Waals surface area contributed by atoms with Crippen LogP contribution in [0.25, 0.3) is 10.2 Å². The van der Waals surface area contributed by atoms with E-state index in [1.165, 1.54) is 36.3 Å². The van der Waals surface area contributed by atoms with Crippen molar-refractivity contribution in [3.63, 3.8) is 0 Å². The molecule has 1 aliphatic rings. The maximum absolute atomic E-state index is 13.3. The van der Waals surface area contributed by atoms with Gasteiger partial charge in [-0.3, -0.25) is 9.48 Å². The number of aromatic nitrogens is 2. The third-order valence-corrected chi connectivity index (χ3v) is 6.68. The van der Waals surface area contributed by atoms with Crippen LogP contribution < -0.4 is 0 Å². The highest BCUT2D eigenvalue weighted by atomic mass is 32.1. The summed E-state index contributed by atoms with van der Waals surface area (Å²) in [7, 11) is 1.92. The molecule has 142 valence electrons. The molecule has 0 aliphatic heterocycles. The van der Waals surface area contributed by atoms with Gasteiger partial charge >= 0.3 is 0 Å². The minimum Gasteiger partial charge on any atom is -0.335 e. The molecule has 1 aromatic carbocycles. The molecule has 2 heterocycles. The monoisotopic (exact) mass is 385 g/mol. The van der Waals surface area contributed by atoms with Crippen molar-refractivity contribution in [3.05, 3.63) is 52.3 Å². The van der Waals surface area contributed by atoms with Crippen LogP contribution in [0.3, 0.4) is 0 Å². The van der Waals surface area contributed by atoms with Crippen molar-refractivity contribution in [1.29, 1.82) is 0 Å². The van der Waals surface area contributed by atoms with E-state index in [1.807, 2.05) is 29.6 Å². The summed E-state index contributed by atoms with van der Waals surface area (Å²) >= 11 is 1.52. The second kappa shape index (κ2) is 7.43. The fourth-order valence-corrected chi connectivity index (χ4v) is 5.10. The molecule has 3 aromatic rings. The maximum atomic E-state index is 13.3. The zero-order valence-corrected chi connectivity index (χ0v) is 16.6. The van der Waals surface area contributed by atoms with E-state index in [4.69, 9.17) is 0 Å². The molecular weight excluding hydrogens is 361 g/mol. The number of hydrogen-bond acceptors (Lipinski definition) is 3. The van der Waals surface area contributed by atoms with Gasteiger partial charge in [-0.2, -0.15) is 5.10 Å². The summed E-state index contributed by atoms with van der Waals surface area (Å²) in [6, 6.07) is 8.88. The van der Waals surface area contributed by atoms with Gasteiger partial charge < -0.3 is 4.90 Å². The molecule has 1 amide bonds. The minimum absolute atomic E-state index is 0.115. The van der Waals surface area contributed by atoms with Crippen LogP contribution in [0.15, 0.2) is 30.3 Å². The number of thiophene rings is 1. The predicted octanol–water partition coefficient (Wildman–Crippen LogP) is 4.71. The van der Waals surface area contributed by atoms with Crippen molar-refractivity contribution in [1.82, 2.24) is 14.7 Å². The number of fused-ring (bicyclic) bond motifs is 1. The van der Waals surface area contributed by atoms with E-state index >= 15 is 0 Å². The first-order valence-electron chi connectivity index (χ1n) is 9.51. The van der Waals surface area contributed by atoms with Crippen LogP contribution in [-0.4, -0.2) is 33.2 Å². The van der Waals surface area contributed by atoms with Crippen LogP contribution in [0.4, 0.5) is 4.39 Å². The van der Waals surface area contributed by atoms with Crippen LogP contribution >= 0.6 is 11.3 Å². The van der Waals surface area contributed by atoms with Gasteiger partial charge in [-0.25, -0.2) is 4.39 Å². The highest BCUT2D eigenvalue weighted by molar-refractivity contribution is 7.20. The van der Waals surface area contributed by atoms with Crippen LogP contribution in [-0.2, 0) is 13.5 Å². The van der Waals surface area contributed by atoms with Gasteiger partial charge in [0.15, 0.2) is 0 Å². The maximum Gasteiger partial charge on any atom is 0.264 e. The number of hydrogen-bond donors (Lipinski definition) is 0. The number of halogens is 1. The van der Waals surface area contributed by atoms with Crippen molar-refractivity contribution in [2.45, 2.75) is 45.1 Å². The highest BCUT2D eigenvalue weighted by Gasteiger charge is 2.28. The average Bonchev–Trinajstić information content (AvgIpc) is 3.37. The Morgan fingerprint density at radius 1 is 1.30 bits per heavy atom. The summed E-state index contributed by atoms with van der Waals surface area (Å²) in [6.07, 6.45) is 5.25. The van der Waals surface area contributed by atoms with Crippen LogP contribution in [0.2, 0.25) is 0 Å². The minimum atomic E-state index is -0.225. The third kappa shape index (κ3) is 3.63.